The van der Waals surface area contributed by atoms with Gasteiger partial charge < -0.3 is 20.7 Å². The zero-order valence-electron chi connectivity index (χ0n) is 12.7. The topological polar surface area (TPSA) is 96.3 Å². The van der Waals surface area contributed by atoms with E-state index in [1.807, 2.05) is 4.90 Å². The number of rotatable bonds is 3. The Kier molecular flexibility index (Phi) is 4.40. The van der Waals surface area contributed by atoms with Crippen molar-refractivity contribution in [2.75, 3.05) is 43.9 Å². The predicted molar refractivity (Wildman–Crippen MR) is 91.4 cm³/mol. The average molecular weight is 336 g/mol. The molecular formula is C15H18ClN5O2. The van der Waals surface area contributed by atoms with E-state index in [1.165, 1.54) is 7.11 Å². The van der Waals surface area contributed by atoms with E-state index in [0.29, 0.717) is 22.3 Å². The van der Waals surface area contributed by atoms with Crippen molar-refractivity contribution in [2.45, 2.75) is 0 Å². The summed E-state index contributed by atoms with van der Waals surface area (Å²) in [5.74, 6) is 1.16. The molecule has 0 radical (unpaired) electrons. The van der Waals surface area contributed by atoms with Gasteiger partial charge in [-0.25, -0.2) is 0 Å². The van der Waals surface area contributed by atoms with Gasteiger partial charge in [-0.1, -0.05) is 11.6 Å². The smallest absolute Gasteiger partial charge is 0.262 e. The first-order valence-corrected chi connectivity index (χ1v) is 7.67. The SMILES string of the molecule is COc1ccc(Cl)cc1-c1c(N)nc(N2CCNCC2)[nH]c1=O. The molecule has 1 fully saturated rings. The molecule has 2 aromatic rings. The van der Waals surface area contributed by atoms with E-state index in [4.69, 9.17) is 22.1 Å². The first-order valence-electron chi connectivity index (χ1n) is 7.29. The third-order valence-corrected chi connectivity index (χ3v) is 4.02. The number of benzene rings is 1. The number of H-pyrrole nitrogens is 1. The van der Waals surface area contributed by atoms with Crippen LogP contribution in [0.5, 0.6) is 5.75 Å². The molecule has 0 atom stereocenters. The highest BCUT2D eigenvalue weighted by atomic mass is 35.5. The maximum atomic E-state index is 12.6. The maximum absolute atomic E-state index is 12.6. The maximum Gasteiger partial charge on any atom is 0.262 e. The summed E-state index contributed by atoms with van der Waals surface area (Å²) in [5, 5.41) is 3.74. The minimum absolute atomic E-state index is 0.155. The van der Waals surface area contributed by atoms with E-state index < -0.39 is 0 Å². The molecular weight excluding hydrogens is 318 g/mol. The van der Waals surface area contributed by atoms with E-state index in [-0.39, 0.29) is 16.9 Å². The van der Waals surface area contributed by atoms with Crippen molar-refractivity contribution in [1.82, 2.24) is 15.3 Å². The van der Waals surface area contributed by atoms with Crippen LogP contribution in [0.2, 0.25) is 5.02 Å². The largest absolute Gasteiger partial charge is 0.496 e. The Bertz CT molecular complexity index is 771. The summed E-state index contributed by atoms with van der Waals surface area (Å²) in [4.78, 5) is 21.7. The van der Waals surface area contributed by atoms with Crippen LogP contribution < -0.4 is 26.2 Å². The van der Waals surface area contributed by atoms with Gasteiger partial charge >= 0.3 is 0 Å². The Morgan fingerprint density at radius 1 is 1.35 bits per heavy atom. The number of halogens is 1. The van der Waals surface area contributed by atoms with Crippen LogP contribution in [0.4, 0.5) is 11.8 Å². The normalized spacial score (nSPS) is 14.8. The van der Waals surface area contributed by atoms with E-state index in [1.54, 1.807) is 18.2 Å². The standard InChI is InChI=1S/C15H18ClN5O2/c1-23-11-3-2-9(16)8-10(11)12-13(17)19-15(20-14(12)22)21-6-4-18-5-7-21/h2-3,8,18H,4-7H2,1H3,(H3,17,19,20,22). The van der Waals surface area contributed by atoms with E-state index in [9.17, 15) is 4.79 Å². The first-order chi connectivity index (χ1) is 11.1. The van der Waals surface area contributed by atoms with Gasteiger partial charge in [-0.3, -0.25) is 9.78 Å². The lowest BCUT2D eigenvalue weighted by Crippen LogP contribution is -2.44. The van der Waals surface area contributed by atoms with Crippen LogP contribution in [0, 0.1) is 0 Å². The Labute approximate surface area is 138 Å². The molecule has 8 heteroatoms. The third kappa shape index (κ3) is 3.11. The molecule has 4 N–H and O–H groups in total. The van der Waals surface area contributed by atoms with Crippen molar-refractivity contribution in [2.24, 2.45) is 0 Å². The first kappa shape index (κ1) is 15.6. The fourth-order valence-corrected chi connectivity index (χ4v) is 2.81. The summed E-state index contributed by atoms with van der Waals surface area (Å²) in [5.41, 5.74) is 6.54. The lowest BCUT2D eigenvalue weighted by molar-refractivity contribution is 0.416. The van der Waals surface area contributed by atoms with Gasteiger partial charge in [-0.2, -0.15) is 4.98 Å². The number of piperazine rings is 1. The van der Waals surface area contributed by atoms with Gasteiger partial charge in [0.25, 0.3) is 5.56 Å². The monoisotopic (exact) mass is 335 g/mol. The molecule has 23 heavy (non-hydrogen) atoms. The highest BCUT2D eigenvalue weighted by molar-refractivity contribution is 6.31. The summed E-state index contributed by atoms with van der Waals surface area (Å²) in [6, 6.07) is 5.03. The van der Waals surface area contributed by atoms with Crippen LogP contribution in [0.1, 0.15) is 0 Å². The minimum atomic E-state index is -0.313. The third-order valence-electron chi connectivity index (χ3n) is 3.78. The van der Waals surface area contributed by atoms with Gasteiger partial charge in [0.15, 0.2) is 0 Å². The van der Waals surface area contributed by atoms with Gasteiger partial charge in [-0.15, -0.1) is 0 Å². The molecule has 1 aliphatic rings. The molecule has 0 spiro atoms. The number of nitrogens with zero attached hydrogens (tertiary/aromatic N) is 2. The summed E-state index contributed by atoms with van der Waals surface area (Å²) >= 11 is 6.04. The zero-order valence-corrected chi connectivity index (χ0v) is 13.5. The quantitative estimate of drug-likeness (QED) is 0.777. The van der Waals surface area contributed by atoms with Crippen molar-refractivity contribution in [3.8, 4) is 16.9 Å². The fraction of sp³-hybridized carbons (Fsp3) is 0.333. The molecule has 1 aliphatic heterocycles. The molecule has 1 aromatic heterocycles. The highest BCUT2D eigenvalue weighted by Crippen LogP contribution is 2.33. The number of ether oxygens (including phenoxy) is 1. The summed E-state index contributed by atoms with van der Waals surface area (Å²) in [6.07, 6.45) is 0. The molecule has 3 rings (SSSR count). The Hall–Kier alpha value is -2.25. The Balaban J connectivity index is 2.08. The molecule has 7 nitrogen and oxygen atoms in total. The number of anilines is 2. The second-order valence-corrected chi connectivity index (χ2v) is 5.67. The lowest BCUT2D eigenvalue weighted by Gasteiger charge is -2.28. The predicted octanol–water partition coefficient (Wildman–Crippen LogP) is 1.09. The fourth-order valence-electron chi connectivity index (χ4n) is 2.64. The molecule has 122 valence electrons. The van der Waals surface area contributed by atoms with E-state index >= 15 is 0 Å². The minimum Gasteiger partial charge on any atom is -0.496 e. The molecule has 0 unspecified atom stereocenters. The molecule has 2 heterocycles. The number of nitrogen functional groups attached to an aromatic ring is 1. The Morgan fingerprint density at radius 2 is 2.09 bits per heavy atom. The second kappa shape index (κ2) is 6.47. The van der Waals surface area contributed by atoms with Crippen molar-refractivity contribution in [1.29, 1.82) is 0 Å². The number of aromatic amines is 1. The lowest BCUT2D eigenvalue weighted by atomic mass is 10.1. The van der Waals surface area contributed by atoms with Gasteiger partial charge in [0.05, 0.1) is 12.7 Å². The number of hydrogen-bond acceptors (Lipinski definition) is 6. The number of methoxy groups -OCH3 is 1. The van der Waals surface area contributed by atoms with Crippen LogP contribution in [0.15, 0.2) is 23.0 Å². The van der Waals surface area contributed by atoms with Gasteiger partial charge in [0.2, 0.25) is 5.95 Å². The zero-order chi connectivity index (χ0) is 16.4. The van der Waals surface area contributed by atoms with Crippen molar-refractivity contribution >= 4 is 23.4 Å². The van der Waals surface area contributed by atoms with Gasteiger partial charge in [-0.05, 0) is 18.2 Å². The van der Waals surface area contributed by atoms with Crippen LogP contribution in [-0.4, -0.2) is 43.3 Å². The van der Waals surface area contributed by atoms with Crippen LogP contribution in [0.25, 0.3) is 11.1 Å². The molecule has 1 saturated heterocycles. The van der Waals surface area contributed by atoms with Crippen LogP contribution in [0.3, 0.4) is 0 Å². The van der Waals surface area contributed by atoms with Crippen LogP contribution >= 0.6 is 11.6 Å². The number of aromatic nitrogens is 2. The number of nitrogens with two attached hydrogens (primary N) is 1. The molecule has 0 saturated carbocycles. The molecule has 0 bridgehead atoms. The van der Waals surface area contributed by atoms with Crippen molar-refractivity contribution in [3.63, 3.8) is 0 Å². The summed E-state index contributed by atoms with van der Waals surface area (Å²) < 4.78 is 5.30. The van der Waals surface area contributed by atoms with Gasteiger partial charge in [0, 0.05) is 36.8 Å². The van der Waals surface area contributed by atoms with Crippen molar-refractivity contribution in [3.05, 3.63) is 33.6 Å². The van der Waals surface area contributed by atoms with E-state index in [2.05, 4.69) is 15.3 Å². The molecule has 0 amide bonds. The average Bonchev–Trinajstić information content (AvgIpc) is 2.55. The van der Waals surface area contributed by atoms with E-state index in [0.717, 1.165) is 26.2 Å². The molecule has 0 aliphatic carbocycles. The Morgan fingerprint density at radius 3 is 2.74 bits per heavy atom. The molecule has 1 aromatic carbocycles. The number of hydrogen-bond donors (Lipinski definition) is 3. The summed E-state index contributed by atoms with van der Waals surface area (Å²) in [6.45, 7) is 3.21. The summed E-state index contributed by atoms with van der Waals surface area (Å²) in [7, 11) is 1.53. The van der Waals surface area contributed by atoms with Crippen molar-refractivity contribution < 1.29 is 4.74 Å². The second-order valence-electron chi connectivity index (χ2n) is 5.23. The highest BCUT2D eigenvalue weighted by Gasteiger charge is 2.19. The number of nitrogens with one attached hydrogen (secondary N) is 2. The van der Waals surface area contributed by atoms with Gasteiger partial charge in [0.1, 0.15) is 11.6 Å². The van der Waals surface area contributed by atoms with Crippen LogP contribution in [-0.2, 0) is 0 Å².